The normalized spacial score (nSPS) is 15.5. The molecule has 1 unspecified atom stereocenters. The molecular formula is C21H26FN3O4S. The van der Waals surface area contributed by atoms with Crippen LogP contribution >= 0.6 is 11.8 Å². The molecule has 0 bridgehead atoms. The van der Waals surface area contributed by atoms with Crippen LogP contribution in [0.2, 0.25) is 0 Å². The van der Waals surface area contributed by atoms with Crippen molar-refractivity contribution in [3.05, 3.63) is 53.7 Å². The highest BCUT2D eigenvalue weighted by atomic mass is 32.2. The first kappa shape index (κ1) is 22.3. The lowest BCUT2D eigenvalue weighted by molar-refractivity contribution is -0.119. The summed E-state index contributed by atoms with van der Waals surface area (Å²) in [5.41, 5.74) is 0.522. The van der Waals surface area contributed by atoms with Gasteiger partial charge in [0.1, 0.15) is 17.3 Å². The Hall–Kier alpha value is -2.36. The Morgan fingerprint density at radius 1 is 1.10 bits per heavy atom. The van der Waals surface area contributed by atoms with Crippen molar-refractivity contribution in [2.24, 2.45) is 0 Å². The van der Waals surface area contributed by atoms with Gasteiger partial charge in [0.15, 0.2) is 0 Å². The fraction of sp³-hybridized carbons (Fsp3) is 0.429. The second kappa shape index (κ2) is 11.1. The SMILES string of the molecule is Cc1ccc(C(CNC(=O)CSCC(=O)Nc2ccc(F)cc2)N2CCOCC2)o1. The van der Waals surface area contributed by atoms with Crippen molar-refractivity contribution in [3.63, 3.8) is 0 Å². The lowest BCUT2D eigenvalue weighted by Crippen LogP contribution is -2.44. The Labute approximate surface area is 179 Å². The first-order valence-corrected chi connectivity index (χ1v) is 10.9. The average molecular weight is 436 g/mol. The first-order chi connectivity index (χ1) is 14.5. The number of hydrogen-bond donors (Lipinski definition) is 2. The maximum absolute atomic E-state index is 12.9. The number of morpholine rings is 1. The van der Waals surface area contributed by atoms with Gasteiger partial charge in [-0.05, 0) is 43.3 Å². The van der Waals surface area contributed by atoms with E-state index in [1.165, 1.54) is 36.0 Å². The highest BCUT2D eigenvalue weighted by Gasteiger charge is 2.25. The summed E-state index contributed by atoms with van der Waals surface area (Å²) in [4.78, 5) is 26.5. The minimum Gasteiger partial charge on any atom is -0.465 e. The molecule has 2 heterocycles. The van der Waals surface area contributed by atoms with Crippen molar-refractivity contribution in [1.82, 2.24) is 10.2 Å². The largest absolute Gasteiger partial charge is 0.465 e. The van der Waals surface area contributed by atoms with Gasteiger partial charge in [-0.3, -0.25) is 14.5 Å². The number of benzene rings is 1. The molecule has 1 aliphatic heterocycles. The number of nitrogens with one attached hydrogen (secondary N) is 2. The zero-order chi connectivity index (χ0) is 21.3. The van der Waals surface area contributed by atoms with E-state index >= 15 is 0 Å². The number of carbonyl (C=O) groups excluding carboxylic acids is 2. The van der Waals surface area contributed by atoms with E-state index in [9.17, 15) is 14.0 Å². The maximum Gasteiger partial charge on any atom is 0.234 e. The molecule has 1 atom stereocenters. The van der Waals surface area contributed by atoms with Gasteiger partial charge in [0.2, 0.25) is 11.8 Å². The predicted octanol–water partition coefficient (Wildman–Crippen LogP) is 2.59. The molecule has 2 aromatic rings. The Morgan fingerprint density at radius 3 is 2.47 bits per heavy atom. The van der Waals surface area contributed by atoms with Crippen LogP contribution in [0.25, 0.3) is 0 Å². The molecule has 1 saturated heterocycles. The summed E-state index contributed by atoms with van der Waals surface area (Å²) >= 11 is 1.22. The maximum atomic E-state index is 12.9. The number of halogens is 1. The van der Waals surface area contributed by atoms with Crippen LogP contribution in [-0.4, -0.2) is 61.1 Å². The molecule has 1 aromatic carbocycles. The van der Waals surface area contributed by atoms with E-state index in [0.29, 0.717) is 25.4 Å². The number of furan rings is 1. The van der Waals surface area contributed by atoms with Gasteiger partial charge in [-0.2, -0.15) is 0 Å². The second-order valence-electron chi connectivity index (χ2n) is 6.96. The van der Waals surface area contributed by atoms with Crippen LogP contribution in [-0.2, 0) is 14.3 Å². The fourth-order valence-electron chi connectivity index (χ4n) is 3.16. The first-order valence-electron chi connectivity index (χ1n) is 9.79. The van der Waals surface area contributed by atoms with Crippen molar-refractivity contribution in [2.75, 3.05) is 49.7 Å². The van der Waals surface area contributed by atoms with Gasteiger partial charge < -0.3 is 19.8 Å². The summed E-state index contributed by atoms with van der Waals surface area (Å²) in [6.07, 6.45) is 0. The van der Waals surface area contributed by atoms with E-state index in [4.69, 9.17) is 9.15 Å². The Bertz CT molecular complexity index is 837. The van der Waals surface area contributed by atoms with Crippen LogP contribution in [0.5, 0.6) is 0 Å². The van der Waals surface area contributed by atoms with Gasteiger partial charge in [0.25, 0.3) is 0 Å². The van der Waals surface area contributed by atoms with E-state index in [-0.39, 0.29) is 35.2 Å². The summed E-state index contributed by atoms with van der Waals surface area (Å²) in [6.45, 7) is 5.18. The lowest BCUT2D eigenvalue weighted by atomic mass is 10.1. The molecule has 9 heteroatoms. The van der Waals surface area contributed by atoms with Crippen LogP contribution in [0, 0.1) is 12.7 Å². The third-order valence-electron chi connectivity index (χ3n) is 4.66. The van der Waals surface area contributed by atoms with Crippen LogP contribution < -0.4 is 10.6 Å². The monoisotopic (exact) mass is 435 g/mol. The highest BCUT2D eigenvalue weighted by molar-refractivity contribution is 8.00. The third-order valence-corrected chi connectivity index (χ3v) is 5.60. The number of anilines is 1. The summed E-state index contributed by atoms with van der Waals surface area (Å²) in [7, 11) is 0. The van der Waals surface area contributed by atoms with Gasteiger partial charge in [0.05, 0.1) is 30.8 Å². The van der Waals surface area contributed by atoms with Crippen molar-refractivity contribution in [3.8, 4) is 0 Å². The number of carbonyl (C=O) groups is 2. The number of nitrogens with zero attached hydrogens (tertiary/aromatic N) is 1. The molecule has 30 heavy (non-hydrogen) atoms. The topological polar surface area (TPSA) is 83.8 Å². The summed E-state index contributed by atoms with van der Waals surface area (Å²) < 4.78 is 24.1. The van der Waals surface area contributed by atoms with Crippen molar-refractivity contribution in [2.45, 2.75) is 13.0 Å². The van der Waals surface area contributed by atoms with Crippen LogP contribution in [0.15, 0.2) is 40.8 Å². The molecule has 1 fully saturated rings. The van der Waals surface area contributed by atoms with E-state index in [1.54, 1.807) is 0 Å². The van der Waals surface area contributed by atoms with Gasteiger partial charge in [-0.25, -0.2) is 4.39 Å². The van der Waals surface area contributed by atoms with Crippen LogP contribution in [0.4, 0.5) is 10.1 Å². The zero-order valence-corrected chi connectivity index (χ0v) is 17.7. The predicted molar refractivity (Wildman–Crippen MR) is 114 cm³/mol. The molecule has 2 amide bonds. The summed E-state index contributed by atoms with van der Waals surface area (Å²) in [6, 6.07) is 9.34. The third kappa shape index (κ3) is 6.86. The average Bonchev–Trinajstić information content (AvgIpc) is 3.16. The van der Waals surface area contributed by atoms with Crippen molar-refractivity contribution >= 4 is 29.3 Å². The highest BCUT2D eigenvalue weighted by Crippen LogP contribution is 2.23. The molecule has 7 nitrogen and oxygen atoms in total. The number of rotatable bonds is 9. The molecule has 0 saturated carbocycles. The van der Waals surface area contributed by atoms with Gasteiger partial charge >= 0.3 is 0 Å². The van der Waals surface area contributed by atoms with E-state index < -0.39 is 0 Å². The molecule has 3 rings (SSSR count). The molecule has 0 radical (unpaired) electrons. The molecule has 0 aliphatic carbocycles. The molecule has 162 valence electrons. The van der Waals surface area contributed by atoms with E-state index in [0.717, 1.165) is 24.6 Å². The smallest absolute Gasteiger partial charge is 0.234 e. The van der Waals surface area contributed by atoms with Gasteiger partial charge in [-0.15, -0.1) is 11.8 Å². The molecule has 0 spiro atoms. The number of amides is 2. The van der Waals surface area contributed by atoms with Crippen molar-refractivity contribution in [1.29, 1.82) is 0 Å². The number of ether oxygens (including phenoxy) is 1. The quantitative estimate of drug-likeness (QED) is 0.630. The Morgan fingerprint density at radius 2 is 1.80 bits per heavy atom. The molecule has 2 N–H and O–H groups in total. The van der Waals surface area contributed by atoms with E-state index in [2.05, 4.69) is 15.5 Å². The van der Waals surface area contributed by atoms with Gasteiger partial charge in [0, 0.05) is 25.3 Å². The molecule has 1 aromatic heterocycles. The van der Waals surface area contributed by atoms with Crippen molar-refractivity contribution < 1.29 is 23.1 Å². The molecular weight excluding hydrogens is 409 g/mol. The molecule has 1 aliphatic rings. The van der Waals surface area contributed by atoms with Crippen LogP contribution in [0.1, 0.15) is 17.6 Å². The number of aryl methyl sites for hydroxylation is 1. The van der Waals surface area contributed by atoms with Crippen LogP contribution in [0.3, 0.4) is 0 Å². The second-order valence-corrected chi connectivity index (χ2v) is 7.95. The Kier molecular flexibility index (Phi) is 8.30. The minimum absolute atomic E-state index is 0.0571. The zero-order valence-electron chi connectivity index (χ0n) is 16.9. The summed E-state index contributed by atoms with van der Waals surface area (Å²) in [5, 5.41) is 5.61. The van der Waals surface area contributed by atoms with E-state index in [1.807, 2.05) is 19.1 Å². The Balaban J connectivity index is 1.42. The van der Waals surface area contributed by atoms with Gasteiger partial charge in [-0.1, -0.05) is 0 Å². The summed E-state index contributed by atoms with van der Waals surface area (Å²) in [5.74, 6) is 1.21. The standard InChI is InChI=1S/C21H26FN3O4S/c1-15-2-7-19(29-15)18(25-8-10-28-11-9-25)12-23-20(26)13-30-14-21(27)24-17-5-3-16(22)4-6-17/h2-7,18H,8-14H2,1H3,(H,23,26)(H,24,27). The minimum atomic E-state index is -0.362. The lowest BCUT2D eigenvalue weighted by Gasteiger charge is -2.33. The number of hydrogen-bond acceptors (Lipinski definition) is 6. The number of thioether (sulfide) groups is 1. The fourth-order valence-corrected chi connectivity index (χ4v) is 3.81.